The highest BCUT2D eigenvalue weighted by molar-refractivity contribution is 7.89. The number of ether oxygens (including phenoxy) is 2. The highest BCUT2D eigenvalue weighted by atomic mass is 32.2. The molecular weight excluding hydrogens is 454 g/mol. The van der Waals surface area contributed by atoms with E-state index in [1.807, 2.05) is 32.0 Å². The molecule has 4 rings (SSSR count). The normalized spacial score (nSPS) is 19.3. The van der Waals surface area contributed by atoms with Gasteiger partial charge in [-0.05, 0) is 63.4 Å². The van der Waals surface area contributed by atoms with Crippen LogP contribution >= 0.6 is 0 Å². The van der Waals surface area contributed by atoms with Crippen molar-refractivity contribution in [2.45, 2.75) is 44.6 Å². The molecule has 9 heteroatoms. The zero-order valence-corrected chi connectivity index (χ0v) is 21.1. The minimum atomic E-state index is -3.58. The van der Waals surface area contributed by atoms with Gasteiger partial charge in [-0.15, -0.1) is 0 Å². The molecule has 0 spiro atoms. The van der Waals surface area contributed by atoms with Gasteiger partial charge in [0.2, 0.25) is 10.0 Å². The smallest absolute Gasteiger partial charge is 0.254 e. The van der Waals surface area contributed by atoms with E-state index < -0.39 is 15.4 Å². The number of piperidine rings is 1. The summed E-state index contributed by atoms with van der Waals surface area (Å²) in [6.07, 6.45) is 1.05. The number of nitrogens with zero attached hydrogens (tertiary/aromatic N) is 3. The maximum Gasteiger partial charge on any atom is 0.254 e. The van der Waals surface area contributed by atoms with Gasteiger partial charge in [0.25, 0.3) is 5.91 Å². The Morgan fingerprint density at radius 1 is 1.00 bits per heavy atom. The van der Waals surface area contributed by atoms with E-state index in [4.69, 9.17) is 14.6 Å². The second-order valence-corrected chi connectivity index (χ2v) is 11.1. The Morgan fingerprint density at radius 3 is 2.26 bits per heavy atom. The van der Waals surface area contributed by atoms with Gasteiger partial charge in [0.05, 0.1) is 36.3 Å². The molecular formula is C25H31N3O5S. The number of hydrogen-bond donors (Lipinski definition) is 0. The third-order valence-electron chi connectivity index (χ3n) is 6.68. The van der Waals surface area contributed by atoms with Gasteiger partial charge in [-0.1, -0.05) is 18.2 Å². The summed E-state index contributed by atoms with van der Waals surface area (Å²) in [6, 6.07) is 12.3. The number of hydrogen-bond acceptors (Lipinski definition) is 6. The van der Waals surface area contributed by atoms with E-state index in [9.17, 15) is 13.2 Å². The van der Waals surface area contributed by atoms with Gasteiger partial charge in [0.15, 0.2) is 11.5 Å². The number of carbonyl (C=O) groups excluding carboxylic acids is 1. The van der Waals surface area contributed by atoms with E-state index in [-0.39, 0.29) is 11.9 Å². The Bertz CT molecular complexity index is 1230. The molecule has 8 nitrogen and oxygen atoms in total. The van der Waals surface area contributed by atoms with Crippen LogP contribution in [0, 0.1) is 12.3 Å². The van der Waals surface area contributed by atoms with Crippen molar-refractivity contribution in [3.05, 3.63) is 53.6 Å². The van der Waals surface area contributed by atoms with Crippen LogP contribution in [0.2, 0.25) is 0 Å². The van der Waals surface area contributed by atoms with Crippen LogP contribution in [0.3, 0.4) is 0 Å². The van der Waals surface area contributed by atoms with Crippen LogP contribution < -0.4 is 9.47 Å². The Labute approximate surface area is 201 Å². The van der Waals surface area contributed by atoms with Gasteiger partial charge in [0, 0.05) is 18.7 Å². The van der Waals surface area contributed by atoms with E-state index in [1.165, 1.54) is 4.31 Å². The lowest BCUT2D eigenvalue weighted by atomic mass is 9.83. The molecule has 2 heterocycles. The van der Waals surface area contributed by atoms with E-state index >= 15 is 0 Å². The fourth-order valence-electron chi connectivity index (χ4n) is 4.63. The van der Waals surface area contributed by atoms with E-state index in [2.05, 4.69) is 0 Å². The molecule has 34 heavy (non-hydrogen) atoms. The topological polar surface area (TPSA) is 88.5 Å². The van der Waals surface area contributed by atoms with Crippen molar-refractivity contribution >= 4 is 21.6 Å². The lowest BCUT2D eigenvalue weighted by Crippen LogP contribution is -2.47. The number of aryl methyl sites for hydroxylation is 1. The van der Waals surface area contributed by atoms with Crippen LogP contribution in [0.5, 0.6) is 11.5 Å². The SMILES string of the molecule is COc1ccc(C2=NN(C3CCN(S(=O)(=O)c4ccccc4C)CC3)C(=O)C2(C)C)cc1OC. The fraction of sp³-hybridized carbons (Fsp3) is 0.440. The molecule has 2 aromatic carbocycles. The van der Waals surface area contributed by atoms with E-state index in [1.54, 1.807) is 50.4 Å². The first-order valence-corrected chi connectivity index (χ1v) is 12.8. The second kappa shape index (κ2) is 9.03. The first kappa shape index (κ1) is 24.2. The van der Waals surface area contributed by atoms with Crippen molar-refractivity contribution < 1.29 is 22.7 Å². The first-order chi connectivity index (χ1) is 16.1. The van der Waals surface area contributed by atoms with Crippen LogP contribution in [0.25, 0.3) is 0 Å². The molecule has 0 aliphatic carbocycles. The van der Waals surface area contributed by atoms with Crippen molar-refractivity contribution in [2.24, 2.45) is 10.5 Å². The van der Waals surface area contributed by atoms with Crippen LogP contribution in [0.1, 0.15) is 37.8 Å². The largest absolute Gasteiger partial charge is 0.493 e. The van der Waals surface area contributed by atoms with Crippen LogP contribution in [0.4, 0.5) is 0 Å². The summed E-state index contributed by atoms with van der Waals surface area (Å²) >= 11 is 0. The van der Waals surface area contributed by atoms with Crippen LogP contribution in [0.15, 0.2) is 52.5 Å². The lowest BCUT2D eigenvalue weighted by Gasteiger charge is -2.35. The van der Waals surface area contributed by atoms with Crippen molar-refractivity contribution in [2.75, 3.05) is 27.3 Å². The standard InChI is InChI=1S/C25H31N3O5S/c1-17-8-6-7-9-22(17)34(30,31)27-14-12-19(13-15-27)28-24(29)25(2,3)23(26-28)18-10-11-20(32-4)21(16-18)33-5/h6-11,16,19H,12-15H2,1-5H3. The summed E-state index contributed by atoms with van der Waals surface area (Å²) in [5, 5.41) is 6.30. The third-order valence-corrected chi connectivity index (χ3v) is 8.74. The van der Waals surface area contributed by atoms with E-state index in [0.717, 1.165) is 11.1 Å². The van der Waals surface area contributed by atoms with Gasteiger partial charge in [-0.3, -0.25) is 4.79 Å². The molecule has 1 saturated heterocycles. The summed E-state index contributed by atoms with van der Waals surface area (Å²) < 4.78 is 38.6. The van der Waals surface area contributed by atoms with Crippen molar-refractivity contribution in [1.82, 2.24) is 9.31 Å². The van der Waals surface area contributed by atoms with Crippen molar-refractivity contribution in [3.8, 4) is 11.5 Å². The lowest BCUT2D eigenvalue weighted by molar-refractivity contribution is -0.137. The highest BCUT2D eigenvalue weighted by Crippen LogP contribution is 2.38. The molecule has 0 saturated carbocycles. The Hall–Kier alpha value is -2.91. The zero-order chi connectivity index (χ0) is 24.7. The number of methoxy groups -OCH3 is 2. The van der Waals surface area contributed by atoms with Gasteiger partial charge < -0.3 is 9.47 Å². The average Bonchev–Trinajstić information content (AvgIpc) is 3.07. The Morgan fingerprint density at radius 2 is 1.65 bits per heavy atom. The second-order valence-electron chi connectivity index (χ2n) is 9.19. The highest BCUT2D eigenvalue weighted by Gasteiger charge is 2.47. The summed E-state index contributed by atoms with van der Waals surface area (Å²) in [5.41, 5.74) is 1.36. The molecule has 0 atom stereocenters. The minimum absolute atomic E-state index is 0.0857. The minimum Gasteiger partial charge on any atom is -0.493 e. The Kier molecular flexibility index (Phi) is 6.44. The monoisotopic (exact) mass is 485 g/mol. The van der Waals surface area contributed by atoms with Gasteiger partial charge in [-0.25, -0.2) is 13.4 Å². The molecule has 0 radical (unpaired) electrons. The van der Waals surface area contributed by atoms with Gasteiger partial charge >= 0.3 is 0 Å². The molecule has 2 aliphatic rings. The maximum atomic E-state index is 13.4. The summed E-state index contributed by atoms with van der Waals surface area (Å²) in [5.74, 6) is 1.09. The average molecular weight is 486 g/mol. The molecule has 1 fully saturated rings. The zero-order valence-electron chi connectivity index (χ0n) is 20.2. The molecule has 0 bridgehead atoms. The number of rotatable bonds is 6. The predicted molar refractivity (Wildman–Crippen MR) is 130 cm³/mol. The van der Waals surface area contributed by atoms with Crippen molar-refractivity contribution in [3.63, 3.8) is 0 Å². The number of hydrazone groups is 1. The summed E-state index contributed by atoms with van der Waals surface area (Å²) in [4.78, 5) is 13.7. The van der Waals surface area contributed by atoms with Gasteiger partial charge in [0.1, 0.15) is 0 Å². The van der Waals surface area contributed by atoms with Crippen LogP contribution in [-0.2, 0) is 14.8 Å². The Balaban J connectivity index is 1.55. The first-order valence-electron chi connectivity index (χ1n) is 11.3. The number of benzene rings is 2. The molecule has 2 aromatic rings. The van der Waals surface area contributed by atoms with Gasteiger partial charge in [-0.2, -0.15) is 9.41 Å². The molecule has 0 N–H and O–H groups in total. The maximum absolute atomic E-state index is 13.4. The van der Waals surface area contributed by atoms with Crippen molar-refractivity contribution in [1.29, 1.82) is 0 Å². The molecule has 0 unspecified atom stereocenters. The molecule has 182 valence electrons. The number of sulfonamides is 1. The molecule has 1 amide bonds. The molecule has 2 aliphatic heterocycles. The van der Waals surface area contributed by atoms with Crippen LogP contribution in [-0.4, -0.2) is 62.7 Å². The third kappa shape index (κ3) is 4.07. The summed E-state index contributed by atoms with van der Waals surface area (Å²) in [7, 11) is -0.432. The fourth-order valence-corrected chi connectivity index (χ4v) is 6.32. The quantitative estimate of drug-likeness (QED) is 0.625. The number of carbonyl (C=O) groups is 1. The number of amides is 1. The van der Waals surface area contributed by atoms with E-state index in [0.29, 0.717) is 48.0 Å². The predicted octanol–water partition coefficient (Wildman–Crippen LogP) is 3.44. The summed E-state index contributed by atoms with van der Waals surface area (Å²) in [6.45, 7) is 6.21. The molecule has 0 aromatic heterocycles.